The van der Waals surface area contributed by atoms with E-state index < -0.39 is 5.60 Å². The molecule has 5 nitrogen and oxygen atoms in total. The highest BCUT2D eigenvalue weighted by molar-refractivity contribution is 5.68. The number of hydrogen-bond acceptors (Lipinski definition) is 4. The van der Waals surface area contributed by atoms with Crippen LogP contribution in [-0.2, 0) is 9.47 Å². The van der Waals surface area contributed by atoms with Gasteiger partial charge in [-0.3, -0.25) is 0 Å². The normalized spacial score (nSPS) is 32.3. The minimum atomic E-state index is -0.411. The number of hydrogen-bond donors (Lipinski definition) is 1. The van der Waals surface area contributed by atoms with Gasteiger partial charge in [0.2, 0.25) is 0 Å². The number of nitrogens with zero attached hydrogens (tertiary/aromatic N) is 1. The minimum absolute atomic E-state index is 0.118. The fraction of sp³-hybridized carbons (Fsp3) is 0.947. The zero-order valence-corrected chi connectivity index (χ0v) is 15.6. The molecule has 0 aromatic carbocycles. The molecule has 3 atom stereocenters. The van der Waals surface area contributed by atoms with Crippen LogP contribution in [0, 0.1) is 5.92 Å². The van der Waals surface area contributed by atoms with Crippen molar-refractivity contribution in [2.24, 2.45) is 5.92 Å². The van der Waals surface area contributed by atoms with E-state index >= 15 is 0 Å². The van der Waals surface area contributed by atoms with Gasteiger partial charge in [0.25, 0.3) is 0 Å². The number of carbonyl (C=O) groups excluding carboxylic acids is 1. The summed E-state index contributed by atoms with van der Waals surface area (Å²) in [5.74, 6) is 0.623. The van der Waals surface area contributed by atoms with Crippen molar-refractivity contribution in [1.29, 1.82) is 0 Å². The van der Waals surface area contributed by atoms with Crippen molar-refractivity contribution in [3.8, 4) is 0 Å². The third-order valence-corrected chi connectivity index (χ3v) is 5.64. The van der Waals surface area contributed by atoms with E-state index in [1.165, 1.54) is 12.8 Å². The van der Waals surface area contributed by atoms with E-state index in [1.807, 2.05) is 25.7 Å². The number of fused-ring (bicyclic) bond motifs is 1. The maximum absolute atomic E-state index is 12.5. The molecular weight excluding hydrogens is 304 g/mol. The number of carbonyl (C=O) groups is 1. The van der Waals surface area contributed by atoms with Crippen LogP contribution in [0.2, 0.25) is 0 Å². The summed E-state index contributed by atoms with van der Waals surface area (Å²) >= 11 is 0. The molecule has 0 radical (unpaired) electrons. The fourth-order valence-electron chi connectivity index (χ4n) is 4.55. The van der Waals surface area contributed by atoms with Crippen LogP contribution in [0.15, 0.2) is 0 Å². The molecular formula is C19H34N2O3. The first-order valence-corrected chi connectivity index (χ1v) is 9.76. The molecule has 0 aromatic rings. The molecule has 2 aliphatic heterocycles. The smallest absolute Gasteiger partial charge is 0.410 e. The molecule has 138 valence electrons. The molecule has 3 rings (SSSR count). The highest BCUT2D eigenvalue weighted by atomic mass is 16.6. The Morgan fingerprint density at radius 3 is 2.54 bits per heavy atom. The Morgan fingerprint density at radius 1 is 1.08 bits per heavy atom. The van der Waals surface area contributed by atoms with E-state index in [4.69, 9.17) is 9.47 Å². The lowest BCUT2D eigenvalue weighted by atomic mass is 9.76. The van der Waals surface area contributed by atoms with Crippen LogP contribution in [0.4, 0.5) is 4.79 Å². The van der Waals surface area contributed by atoms with Gasteiger partial charge in [0.1, 0.15) is 5.60 Å². The van der Waals surface area contributed by atoms with E-state index in [1.54, 1.807) is 0 Å². The average molecular weight is 338 g/mol. The summed E-state index contributed by atoms with van der Waals surface area (Å²) in [6, 6.07) is 1.60. The summed E-state index contributed by atoms with van der Waals surface area (Å²) in [6.07, 6.45) is 7.96. The summed E-state index contributed by atoms with van der Waals surface area (Å²) in [6.45, 7) is 8.48. The SMILES string of the molecule is CC(C)(C)OC(=O)N1CCCC2CC(NC3CCOCC3)CCC21. The number of nitrogens with one attached hydrogen (secondary N) is 1. The number of amides is 1. The second kappa shape index (κ2) is 7.61. The maximum atomic E-state index is 12.5. The van der Waals surface area contributed by atoms with Gasteiger partial charge >= 0.3 is 6.09 Å². The summed E-state index contributed by atoms with van der Waals surface area (Å²) in [7, 11) is 0. The Hall–Kier alpha value is -0.810. The monoisotopic (exact) mass is 338 g/mol. The molecule has 3 unspecified atom stereocenters. The molecule has 0 aromatic heterocycles. The van der Waals surface area contributed by atoms with Gasteiger partial charge in [-0.2, -0.15) is 0 Å². The van der Waals surface area contributed by atoms with Crippen LogP contribution in [0.25, 0.3) is 0 Å². The van der Waals surface area contributed by atoms with Crippen LogP contribution < -0.4 is 5.32 Å². The molecule has 1 aliphatic carbocycles. The van der Waals surface area contributed by atoms with E-state index in [0.29, 0.717) is 24.0 Å². The zero-order chi connectivity index (χ0) is 17.2. The molecule has 1 N–H and O–H groups in total. The number of piperidine rings is 1. The van der Waals surface area contributed by atoms with E-state index in [2.05, 4.69) is 5.32 Å². The summed E-state index contributed by atoms with van der Waals surface area (Å²) < 4.78 is 11.1. The van der Waals surface area contributed by atoms with Gasteiger partial charge in [0.05, 0.1) is 0 Å². The molecule has 0 spiro atoms. The van der Waals surface area contributed by atoms with Crippen molar-refractivity contribution >= 4 is 6.09 Å². The Labute approximate surface area is 146 Å². The Bertz CT molecular complexity index is 429. The second-order valence-electron chi connectivity index (χ2n) is 8.71. The molecule has 24 heavy (non-hydrogen) atoms. The second-order valence-corrected chi connectivity index (χ2v) is 8.71. The molecule has 0 bridgehead atoms. The van der Waals surface area contributed by atoms with Gasteiger partial charge in [0.15, 0.2) is 0 Å². The van der Waals surface area contributed by atoms with E-state index in [0.717, 1.165) is 51.9 Å². The van der Waals surface area contributed by atoms with Crippen molar-refractivity contribution < 1.29 is 14.3 Å². The fourth-order valence-corrected chi connectivity index (χ4v) is 4.55. The summed E-state index contributed by atoms with van der Waals surface area (Å²) in [4.78, 5) is 14.6. The average Bonchev–Trinajstić information content (AvgIpc) is 2.53. The number of rotatable bonds is 2. The maximum Gasteiger partial charge on any atom is 0.410 e. The van der Waals surface area contributed by atoms with Gasteiger partial charge in [-0.05, 0) is 71.6 Å². The molecule has 2 heterocycles. The van der Waals surface area contributed by atoms with Gasteiger partial charge in [-0.25, -0.2) is 4.79 Å². The van der Waals surface area contributed by atoms with Gasteiger partial charge in [-0.1, -0.05) is 0 Å². The standard InChI is InChI=1S/C19H34N2O3/c1-19(2,3)24-18(22)21-10-4-5-14-13-16(6-7-17(14)21)20-15-8-11-23-12-9-15/h14-17,20H,4-13H2,1-3H3. The first-order valence-electron chi connectivity index (χ1n) is 9.76. The van der Waals surface area contributed by atoms with Crippen molar-refractivity contribution in [3.63, 3.8) is 0 Å². The predicted molar refractivity (Wildman–Crippen MR) is 94.1 cm³/mol. The molecule has 2 saturated heterocycles. The van der Waals surface area contributed by atoms with Crippen molar-refractivity contribution in [1.82, 2.24) is 10.2 Å². The molecule has 1 amide bonds. The largest absolute Gasteiger partial charge is 0.444 e. The lowest BCUT2D eigenvalue weighted by Gasteiger charge is -2.46. The van der Waals surface area contributed by atoms with Crippen LogP contribution in [0.3, 0.4) is 0 Å². The Balaban J connectivity index is 1.54. The lowest BCUT2D eigenvalue weighted by molar-refractivity contribution is -0.0115. The van der Waals surface area contributed by atoms with Crippen molar-refractivity contribution in [3.05, 3.63) is 0 Å². The zero-order valence-electron chi connectivity index (χ0n) is 15.6. The van der Waals surface area contributed by atoms with E-state index in [-0.39, 0.29) is 6.09 Å². The van der Waals surface area contributed by atoms with Gasteiger partial charge in [-0.15, -0.1) is 0 Å². The number of likely N-dealkylation sites (tertiary alicyclic amines) is 1. The molecule has 3 aliphatic rings. The Kier molecular flexibility index (Phi) is 5.70. The van der Waals surface area contributed by atoms with Crippen molar-refractivity contribution in [2.75, 3.05) is 19.8 Å². The minimum Gasteiger partial charge on any atom is -0.444 e. The van der Waals surface area contributed by atoms with Crippen LogP contribution in [0.5, 0.6) is 0 Å². The third-order valence-electron chi connectivity index (χ3n) is 5.64. The topological polar surface area (TPSA) is 50.8 Å². The Morgan fingerprint density at radius 2 is 1.83 bits per heavy atom. The highest BCUT2D eigenvalue weighted by Crippen LogP contribution is 2.36. The van der Waals surface area contributed by atoms with Gasteiger partial charge in [0, 0.05) is 37.9 Å². The number of ether oxygens (including phenoxy) is 2. The summed E-state index contributed by atoms with van der Waals surface area (Å²) in [5.41, 5.74) is -0.411. The van der Waals surface area contributed by atoms with E-state index in [9.17, 15) is 4.79 Å². The molecule has 5 heteroatoms. The molecule has 1 saturated carbocycles. The summed E-state index contributed by atoms with van der Waals surface area (Å²) in [5, 5.41) is 3.86. The first kappa shape index (κ1) is 18.0. The van der Waals surface area contributed by atoms with Crippen LogP contribution >= 0.6 is 0 Å². The predicted octanol–water partition coefficient (Wildman–Crippen LogP) is 3.32. The van der Waals surface area contributed by atoms with Crippen LogP contribution in [0.1, 0.15) is 65.7 Å². The quantitative estimate of drug-likeness (QED) is 0.839. The molecule has 3 fully saturated rings. The lowest BCUT2D eigenvalue weighted by Crippen LogP contribution is -2.55. The van der Waals surface area contributed by atoms with Crippen LogP contribution in [-0.4, -0.2) is 54.5 Å². The van der Waals surface area contributed by atoms with Crippen molar-refractivity contribution in [2.45, 2.75) is 89.4 Å². The third kappa shape index (κ3) is 4.63. The van der Waals surface area contributed by atoms with Gasteiger partial charge < -0.3 is 19.7 Å². The first-order chi connectivity index (χ1) is 11.4. The highest BCUT2D eigenvalue weighted by Gasteiger charge is 2.40.